The van der Waals surface area contributed by atoms with Crippen LogP contribution in [0.3, 0.4) is 0 Å². The topological polar surface area (TPSA) is 88.0 Å². The van der Waals surface area contributed by atoms with Gasteiger partial charge in [0.2, 0.25) is 0 Å². The average molecular weight is 305 g/mol. The fourth-order valence-electron chi connectivity index (χ4n) is 1.68. The van der Waals surface area contributed by atoms with Crippen LogP contribution in [0.2, 0.25) is 0 Å². The maximum atomic E-state index is 11.8. The number of hydrogen-bond acceptors (Lipinski definition) is 4. The summed E-state index contributed by atoms with van der Waals surface area (Å²) in [5.74, 6) is 0.394. The molecule has 0 aliphatic rings. The molecule has 0 atom stereocenters. The van der Waals surface area contributed by atoms with E-state index < -0.39 is 4.92 Å². The molecule has 0 spiro atoms. The van der Waals surface area contributed by atoms with Crippen LogP contribution in [0, 0.1) is 17.0 Å². The molecule has 110 valence electrons. The van der Waals surface area contributed by atoms with Crippen molar-refractivity contribution in [1.29, 1.82) is 0 Å². The maximum absolute atomic E-state index is 11.8. The molecule has 2 aromatic rings. The largest absolute Gasteiger partial charge is 0.351 e. The van der Waals surface area contributed by atoms with Gasteiger partial charge in [0.1, 0.15) is 5.69 Å². The number of aryl methyl sites for hydroxylation is 1. The second kappa shape index (κ2) is 6.94. The van der Waals surface area contributed by atoms with E-state index in [-0.39, 0.29) is 17.3 Å². The summed E-state index contributed by atoms with van der Waals surface area (Å²) in [4.78, 5) is 25.5. The van der Waals surface area contributed by atoms with Crippen LogP contribution in [0.25, 0.3) is 0 Å². The quantitative estimate of drug-likeness (QED) is 0.372. The van der Waals surface area contributed by atoms with Gasteiger partial charge in [0.15, 0.2) is 0 Å². The predicted molar refractivity (Wildman–Crippen MR) is 81.7 cm³/mol. The van der Waals surface area contributed by atoms with Crippen molar-refractivity contribution >= 4 is 23.4 Å². The van der Waals surface area contributed by atoms with Crippen molar-refractivity contribution in [3.63, 3.8) is 0 Å². The zero-order valence-electron chi connectivity index (χ0n) is 11.5. The molecule has 7 heteroatoms. The van der Waals surface area contributed by atoms with Crippen LogP contribution < -0.4 is 5.32 Å². The highest BCUT2D eigenvalue weighted by molar-refractivity contribution is 7.99. The number of nitro groups is 1. The van der Waals surface area contributed by atoms with Crippen LogP contribution in [0.5, 0.6) is 0 Å². The van der Waals surface area contributed by atoms with Gasteiger partial charge in [0.25, 0.3) is 11.6 Å². The van der Waals surface area contributed by atoms with Crippen molar-refractivity contribution in [2.75, 3.05) is 12.3 Å². The number of nitrogens with zero attached hydrogens (tertiary/aromatic N) is 1. The van der Waals surface area contributed by atoms with E-state index in [4.69, 9.17) is 0 Å². The number of amides is 1. The molecule has 0 unspecified atom stereocenters. The van der Waals surface area contributed by atoms with E-state index in [0.717, 1.165) is 10.6 Å². The molecule has 1 aromatic heterocycles. The minimum atomic E-state index is -0.541. The number of nitrogens with one attached hydrogen (secondary N) is 2. The van der Waals surface area contributed by atoms with E-state index in [9.17, 15) is 14.9 Å². The standard InChI is InChI=1S/C14H15N3O3S/c1-10-2-4-12(5-3-10)21-7-6-15-14(18)13-8-11(9-16-13)17(19)20/h2-5,8-9,16H,6-7H2,1H3,(H,15,18). The minimum absolute atomic E-state index is 0.116. The highest BCUT2D eigenvalue weighted by atomic mass is 32.2. The molecule has 0 bridgehead atoms. The molecule has 0 fully saturated rings. The van der Waals surface area contributed by atoms with Gasteiger partial charge in [-0.3, -0.25) is 14.9 Å². The average Bonchev–Trinajstić information content (AvgIpc) is 2.95. The lowest BCUT2D eigenvalue weighted by Crippen LogP contribution is -2.25. The van der Waals surface area contributed by atoms with E-state index in [1.165, 1.54) is 17.8 Å². The Kier molecular flexibility index (Phi) is 4.99. The third-order valence-electron chi connectivity index (χ3n) is 2.80. The van der Waals surface area contributed by atoms with Crippen molar-refractivity contribution in [2.24, 2.45) is 0 Å². The summed E-state index contributed by atoms with van der Waals surface area (Å²) in [5, 5.41) is 13.2. The lowest BCUT2D eigenvalue weighted by atomic mass is 10.2. The van der Waals surface area contributed by atoms with Crippen LogP contribution in [0.4, 0.5) is 5.69 Å². The normalized spacial score (nSPS) is 10.3. The number of aromatic amines is 1. The first-order valence-electron chi connectivity index (χ1n) is 6.37. The highest BCUT2D eigenvalue weighted by Gasteiger charge is 2.13. The molecule has 0 saturated heterocycles. The van der Waals surface area contributed by atoms with E-state index in [1.54, 1.807) is 11.8 Å². The molecule has 0 aliphatic carbocycles. The van der Waals surface area contributed by atoms with Gasteiger partial charge >= 0.3 is 0 Å². The summed E-state index contributed by atoms with van der Waals surface area (Å²) in [6, 6.07) is 9.38. The number of thioether (sulfide) groups is 1. The summed E-state index contributed by atoms with van der Waals surface area (Å²) in [5.41, 5.74) is 1.29. The molecule has 2 rings (SSSR count). The van der Waals surface area contributed by atoms with Crippen molar-refractivity contribution in [2.45, 2.75) is 11.8 Å². The molecule has 1 aromatic carbocycles. The Labute approximate surface area is 126 Å². The number of carbonyl (C=O) groups is 1. The van der Waals surface area contributed by atoms with Gasteiger partial charge < -0.3 is 10.3 Å². The minimum Gasteiger partial charge on any atom is -0.351 e. The van der Waals surface area contributed by atoms with Gasteiger partial charge in [0.05, 0.1) is 11.1 Å². The van der Waals surface area contributed by atoms with Gasteiger partial charge in [-0.15, -0.1) is 11.8 Å². The summed E-state index contributed by atoms with van der Waals surface area (Å²) in [6.45, 7) is 2.52. The Bertz CT molecular complexity index is 637. The number of aromatic nitrogens is 1. The monoisotopic (exact) mass is 305 g/mol. The second-order valence-corrected chi connectivity index (χ2v) is 5.61. The maximum Gasteiger partial charge on any atom is 0.287 e. The Hall–Kier alpha value is -2.28. The number of rotatable bonds is 6. The number of H-pyrrole nitrogens is 1. The van der Waals surface area contributed by atoms with Gasteiger partial charge in [-0.25, -0.2) is 0 Å². The molecule has 21 heavy (non-hydrogen) atoms. The summed E-state index contributed by atoms with van der Waals surface area (Å²) < 4.78 is 0. The van der Waals surface area contributed by atoms with Crippen molar-refractivity contribution in [3.8, 4) is 0 Å². The van der Waals surface area contributed by atoms with E-state index in [1.807, 2.05) is 31.2 Å². The van der Waals surface area contributed by atoms with Gasteiger partial charge in [-0.05, 0) is 19.1 Å². The number of carbonyl (C=O) groups excluding carboxylic acids is 1. The molecule has 0 saturated carbocycles. The molecule has 1 amide bonds. The summed E-state index contributed by atoms with van der Waals surface area (Å²) in [7, 11) is 0. The van der Waals surface area contributed by atoms with Crippen molar-refractivity contribution in [3.05, 3.63) is 57.9 Å². The van der Waals surface area contributed by atoms with E-state index >= 15 is 0 Å². The molecule has 2 N–H and O–H groups in total. The summed E-state index contributed by atoms with van der Waals surface area (Å²) in [6.07, 6.45) is 1.20. The van der Waals surface area contributed by atoms with Crippen LogP contribution in [-0.4, -0.2) is 28.1 Å². The molecular weight excluding hydrogens is 290 g/mol. The molecule has 1 heterocycles. The number of hydrogen-bond donors (Lipinski definition) is 2. The van der Waals surface area contributed by atoms with Crippen LogP contribution in [0.15, 0.2) is 41.4 Å². The SMILES string of the molecule is Cc1ccc(SCCNC(=O)c2cc([N+](=O)[O-])c[nH]2)cc1. The zero-order chi connectivity index (χ0) is 15.2. The van der Waals surface area contributed by atoms with Crippen LogP contribution in [-0.2, 0) is 0 Å². The van der Waals surface area contributed by atoms with E-state index in [0.29, 0.717) is 6.54 Å². The Balaban J connectivity index is 1.76. The molecule has 0 aliphatic heterocycles. The third-order valence-corrected chi connectivity index (χ3v) is 3.81. The molecule has 0 radical (unpaired) electrons. The number of benzene rings is 1. The lowest BCUT2D eigenvalue weighted by molar-refractivity contribution is -0.384. The lowest BCUT2D eigenvalue weighted by Gasteiger charge is -2.04. The molecular formula is C14H15N3O3S. The first-order valence-corrected chi connectivity index (χ1v) is 7.35. The molecule has 6 nitrogen and oxygen atoms in total. The highest BCUT2D eigenvalue weighted by Crippen LogP contribution is 2.17. The van der Waals surface area contributed by atoms with Crippen molar-refractivity contribution in [1.82, 2.24) is 10.3 Å². The zero-order valence-corrected chi connectivity index (χ0v) is 12.3. The van der Waals surface area contributed by atoms with Crippen LogP contribution in [0.1, 0.15) is 16.1 Å². The van der Waals surface area contributed by atoms with Gasteiger partial charge in [-0.1, -0.05) is 17.7 Å². The first kappa shape index (κ1) is 15.1. The Morgan fingerprint density at radius 2 is 2.10 bits per heavy atom. The fraction of sp³-hybridized carbons (Fsp3) is 0.214. The predicted octanol–water partition coefficient (Wildman–Crippen LogP) is 2.75. The van der Waals surface area contributed by atoms with Gasteiger partial charge in [-0.2, -0.15) is 0 Å². The first-order chi connectivity index (χ1) is 10.1. The van der Waals surface area contributed by atoms with Crippen LogP contribution >= 0.6 is 11.8 Å². The Morgan fingerprint density at radius 3 is 2.71 bits per heavy atom. The Morgan fingerprint density at radius 1 is 1.38 bits per heavy atom. The van der Waals surface area contributed by atoms with E-state index in [2.05, 4.69) is 10.3 Å². The van der Waals surface area contributed by atoms with Gasteiger partial charge in [0, 0.05) is 23.3 Å². The third kappa shape index (κ3) is 4.35. The fourth-order valence-corrected chi connectivity index (χ4v) is 2.45. The van der Waals surface area contributed by atoms with Crippen molar-refractivity contribution < 1.29 is 9.72 Å². The smallest absolute Gasteiger partial charge is 0.287 e. The second-order valence-electron chi connectivity index (χ2n) is 4.45. The summed E-state index contributed by atoms with van der Waals surface area (Å²) >= 11 is 1.64.